The first-order chi connectivity index (χ1) is 7.95. The molecule has 0 heterocycles. The summed E-state index contributed by atoms with van der Waals surface area (Å²) in [5.74, 6) is -3.79. The van der Waals surface area contributed by atoms with Crippen molar-refractivity contribution in [2.45, 2.75) is 0 Å². The Balaban J connectivity index is 2.82. The molecule has 7 heteroatoms. The molecule has 0 aliphatic heterocycles. The number of benzene rings is 1. The quantitative estimate of drug-likeness (QED) is 0.597. The number of amides is 1. The Labute approximate surface area is 95.5 Å². The normalized spacial score (nSPS) is 9.82. The number of rotatable bonds is 3. The van der Waals surface area contributed by atoms with Gasteiger partial charge in [-0.25, -0.2) is 8.78 Å². The number of hydrogen-bond acceptors (Lipinski definition) is 4. The van der Waals surface area contributed by atoms with Crippen molar-refractivity contribution in [1.82, 2.24) is 5.32 Å². The summed E-state index contributed by atoms with van der Waals surface area (Å²) in [5.41, 5.74) is 4.89. The molecule has 0 aliphatic carbocycles. The van der Waals surface area contributed by atoms with Gasteiger partial charge in [-0.05, 0) is 6.07 Å². The third kappa shape index (κ3) is 3.13. The number of hydrogen-bond donors (Lipinski definition) is 2. The van der Waals surface area contributed by atoms with Crippen molar-refractivity contribution in [3.63, 3.8) is 0 Å². The summed E-state index contributed by atoms with van der Waals surface area (Å²) in [4.78, 5) is 22.2. The molecule has 3 N–H and O–H groups in total. The van der Waals surface area contributed by atoms with Gasteiger partial charge in [-0.3, -0.25) is 9.59 Å². The topological polar surface area (TPSA) is 81.4 Å². The molecule has 0 saturated carbocycles. The van der Waals surface area contributed by atoms with Crippen LogP contribution in [0.15, 0.2) is 12.1 Å². The van der Waals surface area contributed by atoms with Crippen molar-refractivity contribution in [1.29, 1.82) is 0 Å². The maximum absolute atomic E-state index is 12.9. The number of nitrogens with two attached hydrogens (primary N) is 1. The van der Waals surface area contributed by atoms with Crippen LogP contribution in [0, 0.1) is 11.6 Å². The number of carbonyl (C=O) groups is 2. The monoisotopic (exact) mass is 244 g/mol. The van der Waals surface area contributed by atoms with E-state index in [2.05, 4.69) is 10.1 Å². The van der Waals surface area contributed by atoms with Crippen LogP contribution in [0.2, 0.25) is 0 Å². The summed E-state index contributed by atoms with van der Waals surface area (Å²) in [6, 6.07) is 1.36. The largest absolute Gasteiger partial charge is 0.468 e. The van der Waals surface area contributed by atoms with Gasteiger partial charge in [0.1, 0.15) is 6.54 Å². The Kier molecular flexibility index (Phi) is 3.97. The van der Waals surface area contributed by atoms with E-state index in [9.17, 15) is 18.4 Å². The van der Waals surface area contributed by atoms with Gasteiger partial charge < -0.3 is 15.8 Å². The van der Waals surface area contributed by atoms with Crippen LogP contribution in [0.1, 0.15) is 10.4 Å². The van der Waals surface area contributed by atoms with Gasteiger partial charge in [-0.2, -0.15) is 0 Å². The average molecular weight is 244 g/mol. The lowest BCUT2D eigenvalue weighted by Gasteiger charge is -2.07. The number of nitrogen functional groups attached to an aromatic ring is 1. The second-order valence-corrected chi connectivity index (χ2v) is 3.11. The Morgan fingerprint density at radius 2 is 1.94 bits per heavy atom. The SMILES string of the molecule is COC(=O)CNC(=O)c1cc(F)c(F)cc1N. The smallest absolute Gasteiger partial charge is 0.325 e. The van der Waals surface area contributed by atoms with Crippen molar-refractivity contribution in [2.24, 2.45) is 0 Å². The summed E-state index contributed by atoms with van der Waals surface area (Å²) in [6.45, 7) is -0.381. The van der Waals surface area contributed by atoms with Crippen LogP contribution in [-0.2, 0) is 9.53 Å². The van der Waals surface area contributed by atoms with E-state index in [0.717, 1.165) is 7.11 Å². The predicted molar refractivity (Wildman–Crippen MR) is 55.1 cm³/mol. The molecule has 0 aliphatic rings. The number of nitrogens with one attached hydrogen (secondary N) is 1. The average Bonchev–Trinajstić information content (AvgIpc) is 2.30. The van der Waals surface area contributed by atoms with E-state index in [-0.39, 0.29) is 17.8 Å². The molecule has 0 atom stereocenters. The van der Waals surface area contributed by atoms with Crippen molar-refractivity contribution >= 4 is 17.6 Å². The summed E-state index contributed by atoms with van der Waals surface area (Å²) in [7, 11) is 1.15. The predicted octanol–water partition coefficient (Wildman–Crippen LogP) is 0.450. The van der Waals surface area contributed by atoms with Gasteiger partial charge in [0.05, 0.1) is 12.7 Å². The van der Waals surface area contributed by atoms with Crippen LogP contribution in [0.3, 0.4) is 0 Å². The zero-order valence-corrected chi connectivity index (χ0v) is 8.92. The van der Waals surface area contributed by atoms with Gasteiger partial charge in [0, 0.05) is 11.8 Å². The Morgan fingerprint density at radius 1 is 1.35 bits per heavy atom. The Morgan fingerprint density at radius 3 is 2.53 bits per heavy atom. The molecule has 5 nitrogen and oxygen atoms in total. The van der Waals surface area contributed by atoms with E-state index < -0.39 is 23.5 Å². The van der Waals surface area contributed by atoms with Crippen molar-refractivity contribution < 1.29 is 23.1 Å². The van der Waals surface area contributed by atoms with E-state index in [1.165, 1.54) is 0 Å². The zero-order chi connectivity index (χ0) is 13.0. The highest BCUT2D eigenvalue weighted by atomic mass is 19.2. The number of esters is 1. The molecule has 0 aromatic heterocycles. The van der Waals surface area contributed by atoms with Gasteiger partial charge in [-0.1, -0.05) is 0 Å². The molecular formula is C10H10F2N2O3. The van der Waals surface area contributed by atoms with Crippen molar-refractivity contribution in [3.05, 3.63) is 29.3 Å². The minimum absolute atomic E-state index is 0.216. The van der Waals surface area contributed by atoms with Gasteiger partial charge >= 0.3 is 5.97 Å². The van der Waals surface area contributed by atoms with Crippen LogP contribution in [0.25, 0.3) is 0 Å². The Hall–Kier alpha value is -2.18. The fraction of sp³-hybridized carbons (Fsp3) is 0.200. The summed E-state index contributed by atoms with van der Waals surface area (Å²) in [5, 5.41) is 2.15. The first-order valence-electron chi connectivity index (χ1n) is 4.55. The minimum atomic E-state index is -1.19. The highest BCUT2D eigenvalue weighted by Gasteiger charge is 2.15. The molecule has 1 aromatic rings. The number of halogens is 2. The van der Waals surface area contributed by atoms with E-state index in [1.807, 2.05) is 0 Å². The van der Waals surface area contributed by atoms with Crippen molar-refractivity contribution in [3.8, 4) is 0 Å². The van der Waals surface area contributed by atoms with E-state index in [0.29, 0.717) is 12.1 Å². The lowest BCUT2D eigenvalue weighted by molar-refractivity contribution is -0.139. The van der Waals surface area contributed by atoms with Crippen LogP contribution >= 0.6 is 0 Å². The molecule has 92 valence electrons. The fourth-order valence-electron chi connectivity index (χ4n) is 1.08. The van der Waals surface area contributed by atoms with Crippen LogP contribution in [-0.4, -0.2) is 25.5 Å². The molecule has 0 bridgehead atoms. The lowest BCUT2D eigenvalue weighted by Crippen LogP contribution is -2.30. The molecule has 0 saturated heterocycles. The number of anilines is 1. The third-order valence-corrected chi connectivity index (χ3v) is 1.96. The number of carbonyl (C=O) groups excluding carboxylic acids is 2. The van der Waals surface area contributed by atoms with E-state index in [4.69, 9.17) is 5.73 Å². The summed E-state index contributed by atoms with van der Waals surface area (Å²) < 4.78 is 29.9. The number of methoxy groups -OCH3 is 1. The fourth-order valence-corrected chi connectivity index (χ4v) is 1.08. The van der Waals surface area contributed by atoms with E-state index in [1.54, 1.807) is 0 Å². The molecule has 1 amide bonds. The lowest BCUT2D eigenvalue weighted by atomic mass is 10.1. The summed E-state index contributed by atoms with van der Waals surface area (Å²) >= 11 is 0. The van der Waals surface area contributed by atoms with Gasteiger partial charge in [0.25, 0.3) is 5.91 Å². The zero-order valence-electron chi connectivity index (χ0n) is 8.92. The minimum Gasteiger partial charge on any atom is -0.468 e. The highest BCUT2D eigenvalue weighted by Crippen LogP contribution is 2.16. The molecule has 1 aromatic carbocycles. The van der Waals surface area contributed by atoms with Crippen LogP contribution in [0.5, 0.6) is 0 Å². The van der Waals surface area contributed by atoms with Gasteiger partial charge in [0.2, 0.25) is 0 Å². The van der Waals surface area contributed by atoms with Gasteiger partial charge in [0.15, 0.2) is 11.6 Å². The molecule has 0 spiro atoms. The van der Waals surface area contributed by atoms with Crippen molar-refractivity contribution in [2.75, 3.05) is 19.4 Å². The van der Waals surface area contributed by atoms with E-state index >= 15 is 0 Å². The second kappa shape index (κ2) is 5.24. The standard InChI is InChI=1S/C10H10F2N2O3/c1-17-9(15)4-14-10(16)5-2-6(11)7(12)3-8(5)13/h2-3H,4,13H2,1H3,(H,14,16). The third-order valence-electron chi connectivity index (χ3n) is 1.96. The second-order valence-electron chi connectivity index (χ2n) is 3.11. The van der Waals surface area contributed by atoms with Crippen LogP contribution in [0.4, 0.5) is 14.5 Å². The number of ether oxygens (including phenoxy) is 1. The molecule has 1 rings (SSSR count). The molecule has 17 heavy (non-hydrogen) atoms. The van der Waals surface area contributed by atoms with Gasteiger partial charge in [-0.15, -0.1) is 0 Å². The molecule has 0 unspecified atom stereocenters. The molecule has 0 radical (unpaired) electrons. The maximum Gasteiger partial charge on any atom is 0.325 e. The maximum atomic E-state index is 12.9. The highest BCUT2D eigenvalue weighted by molar-refractivity contribution is 6.00. The molecule has 0 fully saturated rings. The first-order valence-corrected chi connectivity index (χ1v) is 4.55. The Bertz CT molecular complexity index is 463. The first kappa shape index (κ1) is 12.9. The molecular weight excluding hydrogens is 234 g/mol. The van der Waals surface area contributed by atoms with Crippen LogP contribution < -0.4 is 11.1 Å². The summed E-state index contributed by atoms with van der Waals surface area (Å²) in [6.07, 6.45) is 0.